The number of benzene rings is 1. The number of pyridine rings is 2. The molecule has 0 atom stereocenters. The van der Waals surface area contributed by atoms with Crippen LogP contribution < -0.4 is 0 Å². The molecule has 0 bridgehead atoms. The summed E-state index contributed by atoms with van der Waals surface area (Å²) >= 11 is 3.39. The van der Waals surface area contributed by atoms with Gasteiger partial charge < -0.3 is 0 Å². The Morgan fingerprint density at radius 2 is 1.68 bits per heavy atom. The first-order valence-corrected chi connectivity index (χ1v) is 10.4. The van der Waals surface area contributed by atoms with E-state index >= 15 is 0 Å². The van der Waals surface area contributed by atoms with E-state index in [-0.39, 0.29) is 0 Å². The average molecular weight is 364 g/mol. The summed E-state index contributed by atoms with van der Waals surface area (Å²) in [6.45, 7) is 0. The molecule has 0 unspecified atom stereocenters. The molecule has 0 N–H and O–H groups in total. The van der Waals surface area contributed by atoms with E-state index in [0.29, 0.717) is 0 Å². The predicted octanol–water partition coefficient (Wildman–Crippen LogP) is 5.51. The van der Waals surface area contributed by atoms with E-state index in [2.05, 4.69) is 36.6 Å². The topological polar surface area (TPSA) is 30.2 Å². The molecule has 124 valence electrons. The van der Waals surface area contributed by atoms with Crippen LogP contribution in [-0.4, -0.2) is 27.1 Å². The number of aromatic nitrogens is 3. The van der Waals surface area contributed by atoms with Gasteiger partial charge in [0.2, 0.25) is 0 Å². The zero-order chi connectivity index (χ0) is 17.2. The molecular formula is C20H17N3S2. The Morgan fingerprint density at radius 1 is 0.840 bits per heavy atom. The Morgan fingerprint density at radius 3 is 2.44 bits per heavy atom. The van der Waals surface area contributed by atoms with Crippen LogP contribution in [0.25, 0.3) is 28.0 Å². The van der Waals surface area contributed by atoms with Crippen molar-refractivity contribution in [2.45, 2.75) is 9.92 Å². The maximum Gasteiger partial charge on any atom is 0.120 e. The van der Waals surface area contributed by atoms with Crippen molar-refractivity contribution in [3.8, 4) is 22.5 Å². The summed E-state index contributed by atoms with van der Waals surface area (Å²) < 4.78 is 1.93. The molecule has 0 aliphatic carbocycles. The van der Waals surface area contributed by atoms with Crippen molar-refractivity contribution >= 4 is 29.0 Å². The molecule has 3 nitrogen and oxygen atoms in total. The predicted molar refractivity (Wildman–Crippen MR) is 107 cm³/mol. The Kier molecular flexibility index (Phi) is 4.51. The fraction of sp³-hybridized carbons (Fsp3) is 0.100. The molecule has 0 aliphatic heterocycles. The lowest BCUT2D eigenvalue weighted by molar-refractivity contribution is 0.958. The fourth-order valence-corrected chi connectivity index (χ4v) is 3.69. The average Bonchev–Trinajstić information content (AvgIpc) is 3.07. The van der Waals surface area contributed by atoms with Gasteiger partial charge >= 0.3 is 0 Å². The van der Waals surface area contributed by atoms with Gasteiger partial charge in [0, 0.05) is 16.7 Å². The fourth-order valence-electron chi connectivity index (χ4n) is 2.88. The van der Waals surface area contributed by atoms with E-state index in [4.69, 9.17) is 10.1 Å². The van der Waals surface area contributed by atoms with Gasteiger partial charge in [-0.15, -0.1) is 23.5 Å². The van der Waals surface area contributed by atoms with Crippen molar-refractivity contribution < 1.29 is 0 Å². The maximum absolute atomic E-state index is 4.82. The summed E-state index contributed by atoms with van der Waals surface area (Å²) in [7, 11) is 0. The smallest absolute Gasteiger partial charge is 0.120 e. The highest BCUT2D eigenvalue weighted by Gasteiger charge is 2.17. The van der Waals surface area contributed by atoms with Crippen LogP contribution in [0.4, 0.5) is 0 Å². The molecule has 0 saturated carbocycles. The van der Waals surface area contributed by atoms with Crippen LogP contribution in [0.1, 0.15) is 0 Å². The molecule has 3 heterocycles. The molecule has 0 aliphatic rings. The lowest BCUT2D eigenvalue weighted by atomic mass is 10.0. The highest BCUT2D eigenvalue weighted by Crippen LogP contribution is 2.35. The molecule has 0 amide bonds. The third kappa shape index (κ3) is 3.05. The first-order valence-electron chi connectivity index (χ1n) is 7.93. The molecule has 4 aromatic rings. The Balaban J connectivity index is 1.97. The number of hydrogen-bond donors (Lipinski definition) is 0. The summed E-state index contributed by atoms with van der Waals surface area (Å²) in [5.41, 5.74) is 5.19. The van der Waals surface area contributed by atoms with Gasteiger partial charge in [-0.2, -0.15) is 5.10 Å². The molecule has 0 spiro atoms. The molecule has 4 rings (SSSR count). The standard InChI is InChI=1S/C20H17N3S2/c1-24-15-11-9-14(10-12-15)19-17-7-3-4-13-23(17)22-20(19)16-6-5-8-18(21-16)25-2/h3-13H,1-2H3. The van der Waals surface area contributed by atoms with Gasteiger partial charge in [-0.25, -0.2) is 9.50 Å². The summed E-state index contributed by atoms with van der Waals surface area (Å²) in [5, 5.41) is 5.82. The molecule has 0 saturated heterocycles. The van der Waals surface area contributed by atoms with E-state index in [1.165, 1.54) is 4.90 Å². The van der Waals surface area contributed by atoms with Gasteiger partial charge in [-0.1, -0.05) is 24.3 Å². The minimum absolute atomic E-state index is 0.902. The van der Waals surface area contributed by atoms with Crippen LogP contribution in [0.15, 0.2) is 76.8 Å². The molecule has 0 fully saturated rings. The van der Waals surface area contributed by atoms with Gasteiger partial charge in [-0.05, 0) is 54.5 Å². The Hall–Kier alpha value is -2.24. The van der Waals surface area contributed by atoms with Gasteiger partial charge in [-0.3, -0.25) is 0 Å². The molecule has 3 aromatic heterocycles. The first-order chi connectivity index (χ1) is 12.3. The van der Waals surface area contributed by atoms with Crippen LogP contribution in [-0.2, 0) is 0 Å². The summed E-state index contributed by atoms with van der Waals surface area (Å²) in [5.74, 6) is 0. The Labute approximate surface area is 155 Å². The summed E-state index contributed by atoms with van der Waals surface area (Å²) in [4.78, 5) is 6.01. The van der Waals surface area contributed by atoms with Crippen LogP contribution >= 0.6 is 23.5 Å². The Bertz CT molecular complexity index is 1020. The van der Waals surface area contributed by atoms with E-state index in [0.717, 1.165) is 33.1 Å². The van der Waals surface area contributed by atoms with Crippen LogP contribution in [0.2, 0.25) is 0 Å². The van der Waals surface area contributed by atoms with Crippen molar-refractivity contribution in [1.29, 1.82) is 0 Å². The normalized spacial score (nSPS) is 11.1. The largest absolute Gasteiger partial charge is 0.240 e. The van der Waals surface area contributed by atoms with Crippen LogP contribution in [0.3, 0.4) is 0 Å². The molecule has 25 heavy (non-hydrogen) atoms. The second kappa shape index (κ2) is 6.94. The number of hydrogen-bond acceptors (Lipinski definition) is 4. The molecule has 0 radical (unpaired) electrons. The molecule has 5 heteroatoms. The van der Waals surface area contributed by atoms with Gasteiger partial charge in [0.1, 0.15) is 5.69 Å². The second-order valence-electron chi connectivity index (χ2n) is 5.55. The third-order valence-corrected chi connectivity index (χ3v) is 5.48. The minimum atomic E-state index is 0.902. The lowest BCUT2D eigenvalue weighted by Crippen LogP contribution is -1.89. The van der Waals surface area contributed by atoms with Crippen LogP contribution in [0.5, 0.6) is 0 Å². The second-order valence-corrected chi connectivity index (χ2v) is 7.25. The monoisotopic (exact) mass is 363 g/mol. The minimum Gasteiger partial charge on any atom is -0.240 e. The quantitative estimate of drug-likeness (QED) is 0.447. The van der Waals surface area contributed by atoms with Crippen LogP contribution in [0, 0.1) is 0 Å². The lowest BCUT2D eigenvalue weighted by Gasteiger charge is -2.05. The zero-order valence-corrected chi connectivity index (χ0v) is 15.6. The van der Waals surface area contributed by atoms with Crippen molar-refractivity contribution in [3.63, 3.8) is 0 Å². The number of rotatable bonds is 4. The maximum atomic E-state index is 4.82. The number of fused-ring (bicyclic) bond motifs is 1. The molecule has 1 aromatic carbocycles. The van der Waals surface area contributed by atoms with E-state index in [1.807, 2.05) is 47.3 Å². The first kappa shape index (κ1) is 16.2. The highest BCUT2D eigenvalue weighted by molar-refractivity contribution is 7.98. The van der Waals surface area contributed by atoms with Gasteiger partial charge in [0.05, 0.1) is 16.2 Å². The SMILES string of the molecule is CSc1ccc(-c2c(-c3cccc(SC)n3)nn3ccccc23)cc1. The third-order valence-electron chi connectivity index (χ3n) is 4.09. The van der Waals surface area contributed by atoms with E-state index in [9.17, 15) is 0 Å². The highest BCUT2D eigenvalue weighted by atomic mass is 32.2. The number of nitrogens with zero attached hydrogens (tertiary/aromatic N) is 3. The van der Waals surface area contributed by atoms with Crippen molar-refractivity contribution in [2.75, 3.05) is 12.5 Å². The summed E-state index contributed by atoms with van der Waals surface area (Å²) in [6, 6.07) is 20.9. The van der Waals surface area contributed by atoms with E-state index in [1.54, 1.807) is 23.5 Å². The summed E-state index contributed by atoms with van der Waals surface area (Å²) in [6.07, 6.45) is 6.11. The molecular weight excluding hydrogens is 346 g/mol. The van der Waals surface area contributed by atoms with Crippen molar-refractivity contribution in [3.05, 3.63) is 66.9 Å². The number of thioether (sulfide) groups is 2. The van der Waals surface area contributed by atoms with Gasteiger partial charge in [0.25, 0.3) is 0 Å². The van der Waals surface area contributed by atoms with Gasteiger partial charge in [0.15, 0.2) is 0 Å². The zero-order valence-electron chi connectivity index (χ0n) is 14.0. The van der Waals surface area contributed by atoms with E-state index < -0.39 is 0 Å². The van der Waals surface area contributed by atoms with Crippen molar-refractivity contribution in [1.82, 2.24) is 14.6 Å². The van der Waals surface area contributed by atoms with Crippen molar-refractivity contribution in [2.24, 2.45) is 0 Å².